The fourth-order valence-electron chi connectivity index (χ4n) is 3.18. The molecule has 1 nitrogen and oxygen atoms in total. The number of hydrogen-bond donors (Lipinski definition) is 0. The minimum Gasteiger partial charge on any atom is -0.366 e. The Bertz CT molecular complexity index is 472. The van der Waals surface area contributed by atoms with E-state index in [1.54, 1.807) is 0 Å². The first-order valence-corrected chi connectivity index (χ1v) is 6.85. The second kappa shape index (κ2) is 4.74. The molecule has 3 rings (SSSR count). The summed E-state index contributed by atoms with van der Waals surface area (Å²) in [6.45, 7) is 4.84. The first kappa shape index (κ1) is 11.7. The number of benzene rings is 1. The molecule has 1 unspecified atom stereocenters. The van der Waals surface area contributed by atoms with Crippen LogP contribution >= 0.6 is 0 Å². The Balaban J connectivity index is 1.93. The van der Waals surface area contributed by atoms with Gasteiger partial charge in [0.1, 0.15) is 0 Å². The van der Waals surface area contributed by atoms with E-state index in [9.17, 15) is 0 Å². The second-order valence-electron chi connectivity index (χ2n) is 5.50. The van der Waals surface area contributed by atoms with Crippen molar-refractivity contribution in [3.63, 3.8) is 0 Å². The van der Waals surface area contributed by atoms with E-state index in [-0.39, 0.29) is 5.60 Å². The van der Waals surface area contributed by atoms with Crippen molar-refractivity contribution in [2.75, 3.05) is 6.61 Å². The quantitative estimate of drug-likeness (QED) is 0.663. The van der Waals surface area contributed by atoms with Crippen LogP contribution < -0.4 is 0 Å². The summed E-state index contributed by atoms with van der Waals surface area (Å²) in [5.41, 5.74) is 3.98. The molecule has 1 aliphatic carbocycles. The van der Waals surface area contributed by atoms with Crippen LogP contribution in [-0.2, 0) is 4.74 Å². The molecule has 1 aromatic carbocycles. The summed E-state index contributed by atoms with van der Waals surface area (Å²) >= 11 is 0. The van der Waals surface area contributed by atoms with Crippen molar-refractivity contribution in [1.29, 1.82) is 0 Å². The van der Waals surface area contributed by atoms with Crippen molar-refractivity contribution in [2.45, 2.75) is 37.7 Å². The van der Waals surface area contributed by atoms with Gasteiger partial charge in [0, 0.05) is 6.42 Å². The Morgan fingerprint density at radius 1 is 1.17 bits per heavy atom. The van der Waals surface area contributed by atoms with Crippen LogP contribution in [-0.4, -0.2) is 12.2 Å². The van der Waals surface area contributed by atoms with E-state index in [0.717, 1.165) is 19.4 Å². The highest BCUT2D eigenvalue weighted by molar-refractivity contribution is 5.56. The number of rotatable bonds is 1. The summed E-state index contributed by atoms with van der Waals surface area (Å²) in [5.74, 6) is 0. The lowest BCUT2D eigenvalue weighted by Crippen LogP contribution is -2.33. The summed E-state index contributed by atoms with van der Waals surface area (Å²) in [5, 5.41) is 0. The highest BCUT2D eigenvalue weighted by atomic mass is 16.5. The SMILES string of the molecule is C=C1COC2(CCCC/C2=C\c2ccccc2)C1. The maximum atomic E-state index is 6.11. The molecule has 1 saturated heterocycles. The lowest BCUT2D eigenvalue weighted by Gasteiger charge is -2.35. The molecule has 0 radical (unpaired) electrons. The molecular weight excluding hydrogens is 220 g/mol. The zero-order valence-corrected chi connectivity index (χ0v) is 10.8. The second-order valence-corrected chi connectivity index (χ2v) is 5.50. The molecule has 1 heteroatoms. The molecule has 94 valence electrons. The Morgan fingerprint density at radius 2 is 2.00 bits per heavy atom. The molecule has 2 fully saturated rings. The van der Waals surface area contributed by atoms with Gasteiger partial charge >= 0.3 is 0 Å². The normalized spacial score (nSPS) is 30.2. The van der Waals surface area contributed by atoms with Gasteiger partial charge in [-0.05, 0) is 42.4 Å². The van der Waals surface area contributed by atoms with Crippen LogP contribution in [0.2, 0.25) is 0 Å². The fourth-order valence-corrected chi connectivity index (χ4v) is 3.18. The van der Waals surface area contributed by atoms with Gasteiger partial charge < -0.3 is 4.74 Å². The molecule has 1 spiro atoms. The third kappa shape index (κ3) is 2.15. The predicted octanol–water partition coefficient (Wildman–Crippen LogP) is 4.36. The van der Waals surface area contributed by atoms with Crippen molar-refractivity contribution in [3.05, 3.63) is 53.6 Å². The molecule has 0 bridgehead atoms. The van der Waals surface area contributed by atoms with Gasteiger partial charge in [0.15, 0.2) is 0 Å². The average molecular weight is 240 g/mol. The van der Waals surface area contributed by atoms with Crippen LogP contribution in [0.3, 0.4) is 0 Å². The lowest BCUT2D eigenvalue weighted by atomic mass is 9.77. The van der Waals surface area contributed by atoms with E-state index < -0.39 is 0 Å². The molecule has 18 heavy (non-hydrogen) atoms. The Kier molecular flexibility index (Phi) is 3.09. The molecule has 1 aromatic rings. The predicted molar refractivity (Wildman–Crippen MR) is 75.3 cm³/mol. The van der Waals surface area contributed by atoms with Crippen LogP contribution in [0.5, 0.6) is 0 Å². The molecule has 0 amide bonds. The average Bonchev–Trinajstić information content (AvgIpc) is 2.76. The molecule has 1 heterocycles. The largest absolute Gasteiger partial charge is 0.366 e. The van der Waals surface area contributed by atoms with Gasteiger partial charge in [-0.1, -0.05) is 43.0 Å². The Labute approximate surface area is 109 Å². The van der Waals surface area contributed by atoms with Crippen molar-refractivity contribution in [3.8, 4) is 0 Å². The Morgan fingerprint density at radius 3 is 2.72 bits per heavy atom. The molecule has 1 saturated carbocycles. The lowest BCUT2D eigenvalue weighted by molar-refractivity contribution is 0.0171. The summed E-state index contributed by atoms with van der Waals surface area (Å²) in [6, 6.07) is 10.6. The smallest absolute Gasteiger partial charge is 0.0936 e. The molecule has 0 aromatic heterocycles. The van der Waals surface area contributed by atoms with Crippen LogP contribution in [0, 0.1) is 0 Å². The summed E-state index contributed by atoms with van der Waals surface area (Å²) in [4.78, 5) is 0. The van der Waals surface area contributed by atoms with Gasteiger partial charge in [0.25, 0.3) is 0 Å². The molecule has 1 aliphatic heterocycles. The van der Waals surface area contributed by atoms with Gasteiger partial charge in [-0.2, -0.15) is 0 Å². The van der Waals surface area contributed by atoms with Crippen LogP contribution in [0.15, 0.2) is 48.1 Å². The first-order valence-electron chi connectivity index (χ1n) is 6.85. The first-order chi connectivity index (χ1) is 8.78. The van der Waals surface area contributed by atoms with Crippen molar-refractivity contribution < 1.29 is 4.74 Å². The zero-order valence-electron chi connectivity index (χ0n) is 10.8. The van der Waals surface area contributed by atoms with E-state index in [1.165, 1.54) is 36.0 Å². The van der Waals surface area contributed by atoms with E-state index in [1.807, 2.05) is 0 Å². The van der Waals surface area contributed by atoms with Crippen LogP contribution in [0.25, 0.3) is 6.08 Å². The minimum atomic E-state index is -0.0226. The highest BCUT2D eigenvalue weighted by Gasteiger charge is 2.41. The maximum Gasteiger partial charge on any atom is 0.0936 e. The van der Waals surface area contributed by atoms with E-state index in [2.05, 4.69) is 43.0 Å². The summed E-state index contributed by atoms with van der Waals surface area (Å²) in [6.07, 6.45) is 8.24. The van der Waals surface area contributed by atoms with Gasteiger partial charge in [-0.15, -0.1) is 0 Å². The van der Waals surface area contributed by atoms with Crippen LogP contribution in [0.1, 0.15) is 37.7 Å². The third-order valence-electron chi connectivity index (χ3n) is 4.09. The van der Waals surface area contributed by atoms with Crippen molar-refractivity contribution in [2.24, 2.45) is 0 Å². The standard InChI is InChI=1S/C17H20O/c1-14-12-17(18-13-14)10-6-5-9-16(17)11-15-7-3-2-4-8-15/h2-4,7-8,11H,1,5-6,9-10,12-13H2/b16-11+. The van der Waals surface area contributed by atoms with Crippen molar-refractivity contribution >= 4 is 6.08 Å². The minimum absolute atomic E-state index is 0.0226. The molecule has 0 N–H and O–H groups in total. The summed E-state index contributed by atoms with van der Waals surface area (Å²) < 4.78 is 6.11. The van der Waals surface area contributed by atoms with Gasteiger partial charge in [-0.3, -0.25) is 0 Å². The van der Waals surface area contributed by atoms with Gasteiger partial charge in [0.05, 0.1) is 12.2 Å². The van der Waals surface area contributed by atoms with E-state index >= 15 is 0 Å². The fraction of sp³-hybridized carbons (Fsp3) is 0.412. The van der Waals surface area contributed by atoms with Gasteiger partial charge in [0.2, 0.25) is 0 Å². The third-order valence-corrected chi connectivity index (χ3v) is 4.09. The number of ether oxygens (including phenoxy) is 1. The number of hydrogen-bond acceptors (Lipinski definition) is 1. The zero-order chi connectivity index (χ0) is 12.4. The van der Waals surface area contributed by atoms with Crippen LogP contribution in [0.4, 0.5) is 0 Å². The molecular formula is C17H20O. The summed E-state index contributed by atoms with van der Waals surface area (Å²) in [7, 11) is 0. The maximum absolute atomic E-state index is 6.11. The van der Waals surface area contributed by atoms with E-state index in [0.29, 0.717) is 0 Å². The van der Waals surface area contributed by atoms with Crippen molar-refractivity contribution in [1.82, 2.24) is 0 Å². The Hall–Kier alpha value is -1.34. The molecule has 1 atom stereocenters. The van der Waals surface area contributed by atoms with E-state index in [4.69, 9.17) is 4.74 Å². The monoisotopic (exact) mass is 240 g/mol. The topological polar surface area (TPSA) is 9.23 Å². The highest BCUT2D eigenvalue weighted by Crippen LogP contribution is 2.45. The molecule has 2 aliphatic rings. The van der Waals surface area contributed by atoms with Gasteiger partial charge in [-0.25, -0.2) is 0 Å².